The predicted octanol–water partition coefficient (Wildman–Crippen LogP) is 3.02. The molecule has 0 spiro atoms. The Morgan fingerprint density at radius 3 is 2.69 bits per heavy atom. The summed E-state index contributed by atoms with van der Waals surface area (Å²) in [6.45, 7) is 2.52. The molecular formula is C10H10ClF2NO2. The summed E-state index contributed by atoms with van der Waals surface area (Å²) in [7, 11) is 0. The van der Waals surface area contributed by atoms with Crippen LogP contribution >= 0.6 is 11.6 Å². The predicted molar refractivity (Wildman–Crippen MR) is 54.8 cm³/mol. The first-order valence-electron chi connectivity index (χ1n) is 4.57. The van der Waals surface area contributed by atoms with Crippen molar-refractivity contribution in [2.75, 3.05) is 6.61 Å². The summed E-state index contributed by atoms with van der Waals surface area (Å²) in [4.78, 5) is 14.7. The van der Waals surface area contributed by atoms with Gasteiger partial charge in [0.2, 0.25) is 0 Å². The number of carbonyl (C=O) groups excluding carboxylic acids is 1. The summed E-state index contributed by atoms with van der Waals surface area (Å²) in [5.41, 5.74) is -0.498. The fourth-order valence-electron chi connectivity index (χ4n) is 1.09. The van der Waals surface area contributed by atoms with Gasteiger partial charge in [0, 0.05) is 13.1 Å². The van der Waals surface area contributed by atoms with E-state index in [0.717, 1.165) is 12.3 Å². The minimum atomic E-state index is -3.13. The molecule has 1 aromatic heterocycles. The van der Waals surface area contributed by atoms with Gasteiger partial charge in [-0.3, -0.25) is 4.98 Å². The van der Waals surface area contributed by atoms with E-state index in [1.54, 1.807) is 6.92 Å². The van der Waals surface area contributed by atoms with Gasteiger partial charge >= 0.3 is 5.97 Å². The van der Waals surface area contributed by atoms with E-state index in [9.17, 15) is 13.6 Å². The summed E-state index contributed by atoms with van der Waals surface area (Å²) < 4.78 is 30.5. The molecule has 1 aromatic rings. The average Bonchev–Trinajstić information content (AvgIpc) is 2.16. The number of alkyl halides is 2. The minimum Gasteiger partial charge on any atom is -0.462 e. The highest BCUT2D eigenvalue weighted by Gasteiger charge is 2.29. The van der Waals surface area contributed by atoms with Gasteiger partial charge in [0.1, 0.15) is 5.69 Å². The van der Waals surface area contributed by atoms with Crippen LogP contribution in [0, 0.1) is 0 Å². The number of ether oxygens (including phenoxy) is 1. The lowest BCUT2D eigenvalue weighted by atomic mass is 10.2. The molecule has 0 aromatic carbocycles. The van der Waals surface area contributed by atoms with Crippen molar-refractivity contribution in [2.24, 2.45) is 0 Å². The number of esters is 1. The molecule has 0 atom stereocenters. The molecule has 1 heterocycles. The van der Waals surface area contributed by atoms with Crippen molar-refractivity contribution < 1.29 is 18.3 Å². The summed E-state index contributed by atoms with van der Waals surface area (Å²) >= 11 is 5.61. The fourth-order valence-corrected chi connectivity index (χ4v) is 1.42. The van der Waals surface area contributed by atoms with Gasteiger partial charge in [-0.25, -0.2) is 4.79 Å². The highest BCUT2D eigenvalue weighted by molar-refractivity contribution is 6.31. The number of pyridine rings is 1. The van der Waals surface area contributed by atoms with E-state index in [4.69, 9.17) is 11.6 Å². The first kappa shape index (κ1) is 12.8. The number of hydrogen-bond donors (Lipinski definition) is 0. The smallest absolute Gasteiger partial charge is 0.339 e. The Labute approximate surface area is 96.4 Å². The fraction of sp³-hybridized carbons (Fsp3) is 0.400. The number of rotatable bonds is 3. The number of nitrogens with zero attached hydrogens (tertiary/aromatic N) is 1. The molecule has 1 rings (SSSR count). The maximum Gasteiger partial charge on any atom is 0.339 e. The van der Waals surface area contributed by atoms with Crippen molar-refractivity contribution in [2.45, 2.75) is 19.8 Å². The molecule has 0 amide bonds. The minimum absolute atomic E-state index is 0.0554. The van der Waals surface area contributed by atoms with Crippen molar-refractivity contribution in [3.05, 3.63) is 28.5 Å². The second kappa shape index (κ2) is 4.74. The summed E-state index contributed by atoms with van der Waals surface area (Å²) in [6.07, 6.45) is 1.02. The maximum absolute atomic E-state index is 12.9. The second-order valence-corrected chi connectivity index (χ2v) is 3.57. The number of aromatic nitrogens is 1. The Kier molecular flexibility index (Phi) is 3.80. The molecule has 0 saturated heterocycles. The average molecular weight is 250 g/mol. The molecule has 0 N–H and O–H groups in total. The van der Waals surface area contributed by atoms with Crippen LogP contribution in [-0.2, 0) is 10.7 Å². The number of halogens is 3. The largest absolute Gasteiger partial charge is 0.462 e. The van der Waals surface area contributed by atoms with Gasteiger partial charge in [0.25, 0.3) is 5.92 Å². The Morgan fingerprint density at radius 2 is 2.25 bits per heavy atom. The summed E-state index contributed by atoms with van der Waals surface area (Å²) in [5.74, 6) is -3.77. The molecule has 0 saturated carbocycles. The second-order valence-electron chi connectivity index (χ2n) is 3.16. The Hall–Kier alpha value is -1.23. The van der Waals surface area contributed by atoms with Crippen LogP contribution in [0.15, 0.2) is 12.3 Å². The standard InChI is InChI=1S/C10H10ClF2NO2/c1-3-16-9(15)6-4-7(11)8(14-5-6)10(2,12)13/h4-5H,3H2,1-2H3. The van der Waals surface area contributed by atoms with Crippen LogP contribution < -0.4 is 0 Å². The van der Waals surface area contributed by atoms with Crippen molar-refractivity contribution >= 4 is 17.6 Å². The van der Waals surface area contributed by atoms with Crippen LogP contribution in [0.5, 0.6) is 0 Å². The van der Waals surface area contributed by atoms with Gasteiger partial charge in [0.15, 0.2) is 0 Å². The Balaban J connectivity index is 3.05. The topological polar surface area (TPSA) is 39.2 Å². The van der Waals surface area contributed by atoms with Crippen LogP contribution in [-0.4, -0.2) is 17.6 Å². The van der Waals surface area contributed by atoms with Crippen molar-refractivity contribution in [1.82, 2.24) is 4.98 Å². The Morgan fingerprint density at radius 1 is 1.62 bits per heavy atom. The van der Waals surface area contributed by atoms with Gasteiger partial charge in [-0.1, -0.05) is 11.6 Å². The van der Waals surface area contributed by atoms with Gasteiger partial charge in [-0.15, -0.1) is 0 Å². The van der Waals surface area contributed by atoms with E-state index in [1.165, 1.54) is 0 Å². The maximum atomic E-state index is 12.9. The van der Waals surface area contributed by atoms with E-state index in [0.29, 0.717) is 6.92 Å². The molecule has 16 heavy (non-hydrogen) atoms. The zero-order valence-electron chi connectivity index (χ0n) is 8.76. The van der Waals surface area contributed by atoms with E-state index in [1.807, 2.05) is 0 Å². The van der Waals surface area contributed by atoms with Gasteiger partial charge in [-0.05, 0) is 13.0 Å². The lowest BCUT2D eigenvalue weighted by molar-refractivity contribution is 0.0127. The zero-order valence-corrected chi connectivity index (χ0v) is 9.52. The molecule has 0 unspecified atom stereocenters. The molecule has 88 valence electrons. The van der Waals surface area contributed by atoms with Crippen molar-refractivity contribution in [1.29, 1.82) is 0 Å². The van der Waals surface area contributed by atoms with Gasteiger partial charge < -0.3 is 4.74 Å². The van der Waals surface area contributed by atoms with Crippen molar-refractivity contribution in [3.8, 4) is 0 Å². The van der Waals surface area contributed by atoms with Crippen LogP contribution in [0.1, 0.15) is 29.9 Å². The van der Waals surface area contributed by atoms with Gasteiger partial charge in [-0.2, -0.15) is 8.78 Å². The number of hydrogen-bond acceptors (Lipinski definition) is 3. The van der Waals surface area contributed by atoms with E-state index in [-0.39, 0.29) is 17.2 Å². The van der Waals surface area contributed by atoms with E-state index >= 15 is 0 Å². The molecule has 3 nitrogen and oxygen atoms in total. The quantitative estimate of drug-likeness (QED) is 0.773. The van der Waals surface area contributed by atoms with Crippen LogP contribution in [0.3, 0.4) is 0 Å². The summed E-state index contributed by atoms with van der Waals surface area (Å²) in [5, 5.41) is -0.252. The third-order valence-electron chi connectivity index (χ3n) is 1.77. The monoisotopic (exact) mass is 249 g/mol. The normalized spacial score (nSPS) is 11.3. The van der Waals surface area contributed by atoms with Crippen molar-refractivity contribution in [3.63, 3.8) is 0 Å². The van der Waals surface area contributed by atoms with Crippen LogP contribution in [0.25, 0.3) is 0 Å². The number of carbonyl (C=O) groups is 1. The zero-order chi connectivity index (χ0) is 12.3. The molecule has 0 radical (unpaired) electrons. The van der Waals surface area contributed by atoms with E-state index < -0.39 is 17.6 Å². The molecule has 0 aliphatic carbocycles. The van der Waals surface area contributed by atoms with Gasteiger partial charge in [0.05, 0.1) is 17.2 Å². The SMILES string of the molecule is CCOC(=O)c1cnc(C(C)(F)F)c(Cl)c1. The van der Waals surface area contributed by atoms with Crippen LogP contribution in [0.2, 0.25) is 5.02 Å². The van der Waals surface area contributed by atoms with Crippen LogP contribution in [0.4, 0.5) is 8.78 Å². The highest BCUT2D eigenvalue weighted by Crippen LogP contribution is 2.31. The molecule has 0 aliphatic rings. The Bertz CT molecular complexity index is 404. The summed E-state index contributed by atoms with van der Waals surface area (Å²) in [6, 6.07) is 1.12. The lowest BCUT2D eigenvalue weighted by Gasteiger charge is -2.11. The molecule has 0 fully saturated rings. The van der Waals surface area contributed by atoms with E-state index in [2.05, 4.69) is 9.72 Å². The first-order valence-corrected chi connectivity index (χ1v) is 4.95. The molecule has 0 bridgehead atoms. The first-order chi connectivity index (χ1) is 7.36. The molecular weight excluding hydrogens is 240 g/mol. The highest BCUT2D eigenvalue weighted by atomic mass is 35.5. The lowest BCUT2D eigenvalue weighted by Crippen LogP contribution is -2.12. The third kappa shape index (κ3) is 2.88. The third-order valence-corrected chi connectivity index (χ3v) is 2.06. The molecule has 6 heteroatoms. The molecule has 0 aliphatic heterocycles.